The Morgan fingerprint density at radius 3 is 2.50 bits per heavy atom. The van der Waals surface area contributed by atoms with Gasteiger partial charge in [-0.25, -0.2) is 0 Å². The Balaban J connectivity index is 2.19. The van der Waals surface area contributed by atoms with Crippen LogP contribution < -0.4 is 5.73 Å². The Labute approximate surface area is 107 Å². The average Bonchev–Trinajstić information content (AvgIpc) is 2.75. The number of rotatable bonds is 2. The monoisotopic (exact) mass is 248 g/mol. The van der Waals surface area contributed by atoms with Gasteiger partial charge in [0.25, 0.3) is 0 Å². The lowest BCUT2D eigenvalue weighted by molar-refractivity contribution is -0.135. The van der Waals surface area contributed by atoms with E-state index >= 15 is 0 Å². The van der Waals surface area contributed by atoms with E-state index in [0.29, 0.717) is 25.2 Å². The number of nitrogens with two attached hydrogens (primary N) is 1. The van der Waals surface area contributed by atoms with E-state index in [1.807, 2.05) is 38.1 Å². The SMILES string of the molecule is CC(C)(C(=O)N1CC[C@@H](O)C1)c1ccc(N)cc1. The van der Waals surface area contributed by atoms with Crippen molar-refractivity contribution in [3.05, 3.63) is 29.8 Å². The van der Waals surface area contributed by atoms with Crippen molar-refractivity contribution in [1.82, 2.24) is 4.90 Å². The standard InChI is InChI=1S/C14H20N2O2/c1-14(2,10-3-5-11(15)6-4-10)13(18)16-8-7-12(17)9-16/h3-6,12,17H,7-9,15H2,1-2H3/t12-/m1/s1. The summed E-state index contributed by atoms with van der Waals surface area (Å²) >= 11 is 0. The van der Waals surface area contributed by atoms with Crippen molar-refractivity contribution in [2.45, 2.75) is 31.8 Å². The van der Waals surface area contributed by atoms with Gasteiger partial charge in [-0.15, -0.1) is 0 Å². The normalized spacial score (nSPS) is 20.2. The van der Waals surface area contributed by atoms with Crippen molar-refractivity contribution in [3.8, 4) is 0 Å². The van der Waals surface area contributed by atoms with Gasteiger partial charge in [-0.3, -0.25) is 4.79 Å². The van der Waals surface area contributed by atoms with Gasteiger partial charge in [0, 0.05) is 18.8 Å². The van der Waals surface area contributed by atoms with Crippen LogP contribution in [0.3, 0.4) is 0 Å². The number of carbonyl (C=O) groups excluding carboxylic acids is 1. The number of amides is 1. The molecule has 0 aromatic heterocycles. The maximum Gasteiger partial charge on any atom is 0.232 e. The van der Waals surface area contributed by atoms with Crippen molar-refractivity contribution < 1.29 is 9.90 Å². The molecule has 4 heteroatoms. The van der Waals surface area contributed by atoms with E-state index in [9.17, 15) is 9.90 Å². The number of nitrogens with zero attached hydrogens (tertiary/aromatic N) is 1. The second kappa shape index (κ2) is 4.61. The number of likely N-dealkylation sites (tertiary alicyclic amines) is 1. The van der Waals surface area contributed by atoms with Gasteiger partial charge in [0.1, 0.15) is 0 Å². The molecule has 0 saturated carbocycles. The number of nitrogen functional groups attached to an aromatic ring is 1. The number of β-amino-alcohol motifs (C(OH)–C–C–N with tert-alkyl or cyclic N) is 1. The largest absolute Gasteiger partial charge is 0.399 e. The highest BCUT2D eigenvalue weighted by atomic mass is 16.3. The molecule has 1 aromatic carbocycles. The minimum Gasteiger partial charge on any atom is -0.399 e. The van der Waals surface area contributed by atoms with Gasteiger partial charge < -0.3 is 15.7 Å². The number of aliphatic hydroxyl groups excluding tert-OH is 1. The molecule has 1 aliphatic rings. The molecule has 2 rings (SSSR count). The molecule has 1 aliphatic heterocycles. The molecule has 1 saturated heterocycles. The lowest BCUT2D eigenvalue weighted by atomic mass is 9.83. The number of anilines is 1. The summed E-state index contributed by atoms with van der Waals surface area (Å²) in [5, 5.41) is 9.51. The molecule has 1 atom stereocenters. The predicted octanol–water partition coefficient (Wildman–Crippen LogP) is 1.14. The van der Waals surface area contributed by atoms with Crippen LogP contribution in [0.15, 0.2) is 24.3 Å². The van der Waals surface area contributed by atoms with E-state index in [1.165, 1.54) is 0 Å². The van der Waals surface area contributed by atoms with Crippen molar-refractivity contribution in [2.75, 3.05) is 18.8 Å². The molecule has 3 N–H and O–H groups in total. The molecule has 98 valence electrons. The number of aliphatic hydroxyl groups is 1. The Bertz CT molecular complexity index is 440. The van der Waals surface area contributed by atoms with Crippen LogP contribution in [-0.4, -0.2) is 35.1 Å². The fourth-order valence-corrected chi connectivity index (χ4v) is 2.34. The van der Waals surface area contributed by atoms with E-state index in [-0.39, 0.29) is 12.0 Å². The quantitative estimate of drug-likeness (QED) is 0.771. The van der Waals surface area contributed by atoms with Gasteiger partial charge in [0.2, 0.25) is 5.91 Å². The maximum atomic E-state index is 12.5. The van der Waals surface area contributed by atoms with Gasteiger partial charge in [0.15, 0.2) is 0 Å². The number of benzene rings is 1. The van der Waals surface area contributed by atoms with Crippen molar-refractivity contribution in [1.29, 1.82) is 0 Å². The highest BCUT2D eigenvalue weighted by Crippen LogP contribution is 2.28. The third kappa shape index (κ3) is 2.34. The number of carbonyl (C=O) groups is 1. The second-order valence-corrected chi connectivity index (χ2v) is 5.44. The van der Waals surface area contributed by atoms with Gasteiger partial charge >= 0.3 is 0 Å². The summed E-state index contributed by atoms with van der Waals surface area (Å²) < 4.78 is 0. The summed E-state index contributed by atoms with van der Waals surface area (Å²) in [4.78, 5) is 14.2. The zero-order chi connectivity index (χ0) is 13.3. The van der Waals surface area contributed by atoms with E-state index < -0.39 is 5.41 Å². The summed E-state index contributed by atoms with van der Waals surface area (Å²) in [6.45, 7) is 4.90. The molecule has 4 nitrogen and oxygen atoms in total. The third-order valence-electron chi connectivity index (χ3n) is 3.62. The molecule has 0 bridgehead atoms. The first-order valence-corrected chi connectivity index (χ1v) is 6.24. The zero-order valence-electron chi connectivity index (χ0n) is 10.9. The van der Waals surface area contributed by atoms with Gasteiger partial charge in [-0.2, -0.15) is 0 Å². The molecule has 18 heavy (non-hydrogen) atoms. The van der Waals surface area contributed by atoms with E-state index in [1.54, 1.807) is 4.90 Å². The van der Waals surface area contributed by atoms with Gasteiger partial charge in [0.05, 0.1) is 11.5 Å². The van der Waals surface area contributed by atoms with Crippen LogP contribution in [0.25, 0.3) is 0 Å². The molecule has 0 aliphatic carbocycles. The van der Waals surface area contributed by atoms with E-state index in [2.05, 4.69) is 0 Å². The van der Waals surface area contributed by atoms with Crippen LogP contribution in [0.2, 0.25) is 0 Å². The van der Waals surface area contributed by atoms with E-state index in [4.69, 9.17) is 5.73 Å². The molecule has 0 spiro atoms. The Hall–Kier alpha value is -1.55. The number of hydrogen-bond acceptors (Lipinski definition) is 3. The Morgan fingerprint density at radius 1 is 1.39 bits per heavy atom. The first-order valence-electron chi connectivity index (χ1n) is 6.24. The Morgan fingerprint density at radius 2 is 2.00 bits per heavy atom. The summed E-state index contributed by atoms with van der Waals surface area (Å²) in [6.07, 6.45) is 0.292. The van der Waals surface area contributed by atoms with E-state index in [0.717, 1.165) is 5.56 Å². The molecular formula is C14H20N2O2. The summed E-state index contributed by atoms with van der Waals surface area (Å²) in [5.41, 5.74) is 6.71. The molecule has 1 amide bonds. The second-order valence-electron chi connectivity index (χ2n) is 5.44. The zero-order valence-corrected chi connectivity index (χ0v) is 10.9. The molecule has 0 unspecified atom stereocenters. The number of hydrogen-bond donors (Lipinski definition) is 2. The van der Waals surface area contributed by atoms with Crippen LogP contribution in [0.1, 0.15) is 25.8 Å². The highest BCUT2D eigenvalue weighted by molar-refractivity contribution is 5.87. The molecule has 1 fully saturated rings. The molecular weight excluding hydrogens is 228 g/mol. The summed E-state index contributed by atoms with van der Waals surface area (Å²) in [5.74, 6) is 0.0591. The first kappa shape index (κ1) is 12.9. The summed E-state index contributed by atoms with van der Waals surface area (Å²) in [7, 11) is 0. The van der Waals surface area contributed by atoms with Crippen LogP contribution >= 0.6 is 0 Å². The lowest BCUT2D eigenvalue weighted by Gasteiger charge is -2.29. The smallest absolute Gasteiger partial charge is 0.232 e. The topological polar surface area (TPSA) is 66.6 Å². The van der Waals surface area contributed by atoms with Crippen LogP contribution in [0, 0.1) is 0 Å². The van der Waals surface area contributed by atoms with Crippen molar-refractivity contribution >= 4 is 11.6 Å². The molecule has 1 aromatic rings. The van der Waals surface area contributed by atoms with Gasteiger partial charge in [-0.1, -0.05) is 12.1 Å². The average molecular weight is 248 g/mol. The fourth-order valence-electron chi connectivity index (χ4n) is 2.34. The highest BCUT2D eigenvalue weighted by Gasteiger charge is 2.36. The van der Waals surface area contributed by atoms with Crippen molar-refractivity contribution in [2.24, 2.45) is 0 Å². The lowest BCUT2D eigenvalue weighted by Crippen LogP contribution is -2.42. The van der Waals surface area contributed by atoms with Crippen LogP contribution in [0.5, 0.6) is 0 Å². The maximum absolute atomic E-state index is 12.5. The predicted molar refractivity (Wildman–Crippen MR) is 71.1 cm³/mol. The summed E-state index contributed by atoms with van der Waals surface area (Å²) in [6, 6.07) is 7.39. The van der Waals surface area contributed by atoms with Gasteiger partial charge in [-0.05, 0) is 38.0 Å². The first-order chi connectivity index (χ1) is 8.41. The minimum atomic E-state index is -0.586. The third-order valence-corrected chi connectivity index (χ3v) is 3.62. The molecule has 0 radical (unpaired) electrons. The fraction of sp³-hybridized carbons (Fsp3) is 0.500. The van der Waals surface area contributed by atoms with Crippen LogP contribution in [0.4, 0.5) is 5.69 Å². The Kier molecular flexibility index (Phi) is 3.30. The van der Waals surface area contributed by atoms with Crippen molar-refractivity contribution in [3.63, 3.8) is 0 Å². The minimum absolute atomic E-state index is 0.0591. The molecule has 1 heterocycles. The van der Waals surface area contributed by atoms with Crippen LogP contribution in [-0.2, 0) is 10.2 Å².